The monoisotopic (exact) mass is 563 g/mol. The fraction of sp³-hybridized carbons (Fsp3) is 0.500. The standard InChI is InChI=1S/C32H41N3O6/c36-27(14-8-3-9-16-33-32(40)41-22-23-10-4-1-5-11-23)18-24-19-28(31(38)39)29(34-20-24)30(37)35-17-15-26(21-35)25-12-6-2-7-13-25/h1-2,4-7,10-13,24,26,28-29,34H,3,8-9,14-22H2,(H,33,40)(H,38,39)/t24?,26?,28-,29+/m0/s1. The number of hydrogen-bond donors (Lipinski definition) is 3. The minimum absolute atomic E-state index is 0.103. The Bertz CT molecular complexity index is 1160. The third kappa shape index (κ3) is 9.14. The second kappa shape index (κ2) is 15.3. The Morgan fingerprint density at radius 3 is 2.44 bits per heavy atom. The maximum Gasteiger partial charge on any atom is 0.407 e. The van der Waals surface area contributed by atoms with Gasteiger partial charge in [0, 0.05) is 38.4 Å². The number of rotatable bonds is 13. The molecule has 3 N–H and O–H groups in total. The molecule has 0 bridgehead atoms. The lowest BCUT2D eigenvalue weighted by atomic mass is 9.81. The number of nitrogens with one attached hydrogen (secondary N) is 2. The van der Waals surface area contributed by atoms with Crippen molar-refractivity contribution in [3.05, 3.63) is 71.8 Å². The quantitative estimate of drug-likeness (QED) is 0.313. The number of ketones is 1. The summed E-state index contributed by atoms with van der Waals surface area (Å²) in [4.78, 5) is 51.6. The Kier molecular flexibility index (Phi) is 11.3. The van der Waals surface area contributed by atoms with E-state index in [0.29, 0.717) is 51.9 Å². The van der Waals surface area contributed by atoms with E-state index in [1.165, 1.54) is 5.56 Å². The number of hydrogen-bond acceptors (Lipinski definition) is 6. The third-order valence-corrected chi connectivity index (χ3v) is 8.10. The van der Waals surface area contributed by atoms with Crippen molar-refractivity contribution in [1.29, 1.82) is 0 Å². The summed E-state index contributed by atoms with van der Waals surface area (Å²) < 4.78 is 5.18. The second-order valence-electron chi connectivity index (χ2n) is 11.2. The fourth-order valence-electron chi connectivity index (χ4n) is 5.84. The number of benzene rings is 2. The molecule has 220 valence electrons. The van der Waals surface area contributed by atoms with Gasteiger partial charge < -0.3 is 25.4 Å². The Morgan fingerprint density at radius 1 is 0.976 bits per heavy atom. The zero-order valence-electron chi connectivity index (χ0n) is 23.5. The van der Waals surface area contributed by atoms with Crippen molar-refractivity contribution < 1.29 is 29.0 Å². The summed E-state index contributed by atoms with van der Waals surface area (Å²) in [6.45, 7) is 2.38. The first kappa shape index (κ1) is 30.2. The van der Waals surface area contributed by atoms with E-state index in [2.05, 4.69) is 22.8 Å². The second-order valence-corrected chi connectivity index (χ2v) is 11.2. The summed E-state index contributed by atoms with van der Waals surface area (Å²) in [5.41, 5.74) is 2.13. The molecular formula is C32H41N3O6. The van der Waals surface area contributed by atoms with E-state index < -0.39 is 24.0 Å². The van der Waals surface area contributed by atoms with Crippen LogP contribution in [0.4, 0.5) is 4.79 Å². The summed E-state index contributed by atoms with van der Waals surface area (Å²) in [6.07, 6.45) is 3.69. The molecule has 0 aromatic heterocycles. The molecule has 2 heterocycles. The Balaban J connectivity index is 1.12. The smallest absolute Gasteiger partial charge is 0.407 e. The summed E-state index contributed by atoms with van der Waals surface area (Å²) >= 11 is 0. The molecule has 2 unspecified atom stereocenters. The Labute approximate surface area is 241 Å². The first-order chi connectivity index (χ1) is 19.9. The average Bonchev–Trinajstić information content (AvgIpc) is 3.49. The van der Waals surface area contributed by atoms with Gasteiger partial charge in [0.2, 0.25) is 5.91 Å². The number of carboxylic acids is 1. The molecule has 41 heavy (non-hydrogen) atoms. The molecule has 2 fully saturated rings. The highest BCUT2D eigenvalue weighted by Gasteiger charge is 2.42. The molecule has 2 aromatic rings. The number of amides is 2. The van der Waals surface area contributed by atoms with E-state index in [4.69, 9.17) is 4.74 Å². The van der Waals surface area contributed by atoms with E-state index in [9.17, 15) is 24.3 Å². The van der Waals surface area contributed by atoms with E-state index in [-0.39, 0.29) is 30.1 Å². The van der Waals surface area contributed by atoms with E-state index in [0.717, 1.165) is 24.8 Å². The molecule has 0 radical (unpaired) electrons. The zero-order valence-corrected chi connectivity index (χ0v) is 23.5. The molecule has 2 aromatic carbocycles. The molecule has 0 spiro atoms. The zero-order chi connectivity index (χ0) is 29.0. The lowest BCUT2D eigenvalue weighted by molar-refractivity contribution is -0.150. The summed E-state index contributed by atoms with van der Waals surface area (Å²) in [5.74, 6) is -1.74. The highest BCUT2D eigenvalue weighted by Crippen LogP contribution is 2.30. The van der Waals surface area contributed by atoms with E-state index in [1.807, 2.05) is 48.5 Å². The van der Waals surface area contributed by atoms with Crippen LogP contribution in [-0.4, -0.2) is 66.0 Å². The topological polar surface area (TPSA) is 125 Å². The maximum absolute atomic E-state index is 13.3. The highest BCUT2D eigenvalue weighted by atomic mass is 16.5. The summed E-state index contributed by atoms with van der Waals surface area (Å²) in [5, 5.41) is 15.8. The van der Waals surface area contributed by atoms with Crippen molar-refractivity contribution in [3.63, 3.8) is 0 Å². The number of carbonyl (C=O) groups excluding carboxylic acids is 3. The van der Waals surface area contributed by atoms with Gasteiger partial charge in [-0.15, -0.1) is 0 Å². The molecule has 9 nitrogen and oxygen atoms in total. The Hall–Kier alpha value is -3.72. The number of nitrogens with zero attached hydrogens (tertiary/aromatic N) is 1. The summed E-state index contributed by atoms with van der Waals surface area (Å²) in [7, 11) is 0. The van der Waals surface area contributed by atoms with Gasteiger partial charge >= 0.3 is 12.1 Å². The lowest BCUT2D eigenvalue weighted by Crippen LogP contribution is -2.56. The molecular weight excluding hydrogens is 522 g/mol. The predicted molar refractivity (Wildman–Crippen MR) is 154 cm³/mol. The van der Waals surface area contributed by atoms with Crippen molar-refractivity contribution >= 4 is 23.8 Å². The number of aliphatic carboxylic acids is 1. The van der Waals surface area contributed by atoms with Gasteiger partial charge in [0.1, 0.15) is 18.4 Å². The number of unbranched alkanes of at least 4 members (excludes halogenated alkanes) is 2. The van der Waals surface area contributed by atoms with Crippen molar-refractivity contribution in [2.24, 2.45) is 11.8 Å². The largest absolute Gasteiger partial charge is 0.481 e. The van der Waals surface area contributed by atoms with Gasteiger partial charge in [0.25, 0.3) is 0 Å². The average molecular weight is 564 g/mol. The van der Waals surface area contributed by atoms with Gasteiger partial charge in [0.05, 0.1) is 5.92 Å². The summed E-state index contributed by atoms with van der Waals surface area (Å²) in [6, 6.07) is 18.8. The SMILES string of the molecule is O=C(CCCCCNC(=O)OCc1ccccc1)CC1CN[C@@H](C(=O)N2CCC(c3ccccc3)C2)[C@@H](C(=O)O)C1. The maximum atomic E-state index is 13.3. The first-order valence-electron chi connectivity index (χ1n) is 14.7. The molecule has 2 saturated heterocycles. The van der Waals surface area contributed by atoms with Gasteiger partial charge in [-0.3, -0.25) is 14.4 Å². The van der Waals surface area contributed by atoms with Crippen LogP contribution >= 0.6 is 0 Å². The van der Waals surface area contributed by atoms with Crippen molar-refractivity contribution in [2.45, 2.75) is 63.5 Å². The lowest BCUT2D eigenvalue weighted by Gasteiger charge is -2.36. The van der Waals surface area contributed by atoms with Gasteiger partial charge in [-0.05, 0) is 49.3 Å². The van der Waals surface area contributed by atoms with Gasteiger partial charge in [-0.1, -0.05) is 67.1 Å². The number of Topliss-reactive ketones (excluding diaryl/α,β-unsaturated/α-hetero) is 1. The van der Waals surface area contributed by atoms with Crippen LogP contribution in [0.1, 0.15) is 62.0 Å². The molecule has 9 heteroatoms. The van der Waals surface area contributed by atoms with Crippen LogP contribution in [0.15, 0.2) is 60.7 Å². The molecule has 2 amide bonds. The van der Waals surface area contributed by atoms with Crippen LogP contribution in [0.3, 0.4) is 0 Å². The molecule has 4 atom stereocenters. The van der Waals surface area contributed by atoms with Crippen LogP contribution in [0.5, 0.6) is 0 Å². The van der Waals surface area contributed by atoms with Crippen molar-refractivity contribution in [3.8, 4) is 0 Å². The minimum atomic E-state index is -0.999. The van der Waals surface area contributed by atoms with Gasteiger partial charge in [0.15, 0.2) is 0 Å². The van der Waals surface area contributed by atoms with E-state index >= 15 is 0 Å². The van der Waals surface area contributed by atoms with Gasteiger partial charge in [-0.2, -0.15) is 0 Å². The first-order valence-corrected chi connectivity index (χ1v) is 14.7. The number of carboxylic acid groups (broad SMARTS) is 1. The normalized spacial score (nSPS) is 22.2. The molecule has 4 rings (SSSR count). The van der Waals surface area contributed by atoms with Crippen LogP contribution in [0.25, 0.3) is 0 Å². The van der Waals surface area contributed by atoms with Crippen LogP contribution < -0.4 is 10.6 Å². The highest BCUT2D eigenvalue weighted by molar-refractivity contribution is 5.88. The fourth-order valence-corrected chi connectivity index (χ4v) is 5.84. The number of piperidine rings is 1. The Morgan fingerprint density at radius 2 is 1.71 bits per heavy atom. The predicted octanol–water partition coefficient (Wildman–Crippen LogP) is 4.13. The molecule has 2 aliphatic rings. The van der Waals surface area contributed by atoms with Crippen LogP contribution in [0.2, 0.25) is 0 Å². The third-order valence-electron chi connectivity index (χ3n) is 8.10. The molecule has 2 aliphatic heterocycles. The number of alkyl carbamates (subject to hydrolysis) is 1. The number of likely N-dealkylation sites (tertiary alicyclic amines) is 1. The minimum Gasteiger partial charge on any atom is -0.481 e. The van der Waals surface area contributed by atoms with Crippen LogP contribution in [-0.2, 0) is 25.7 Å². The van der Waals surface area contributed by atoms with Gasteiger partial charge in [-0.25, -0.2) is 4.79 Å². The molecule has 0 saturated carbocycles. The van der Waals surface area contributed by atoms with E-state index in [1.54, 1.807) is 4.90 Å². The van der Waals surface area contributed by atoms with Crippen LogP contribution in [0, 0.1) is 11.8 Å². The van der Waals surface area contributed by atoms with Crippen molar-refractivity contribution in [2.75, 3.05) is 26.2 Å². The number of carbonyl (C=O) groups is 4. The molecule has 0 aliphatic carbocycles. The van der Waals surface area contributed by atoms with Crippen molar-refractivity contribution in [1.82, 2.24) is 15.5 Å². The number of ether oxygens (including phenoxy) is 1.